The molecule has 2 aliphatic heterocycles. The number of aromatic hydroxyl groups is 1. The second kappa shape index (κ2) is 10.4. The first-order chi connectivity index (χ1) is 21.6. The number of methoxy groups -OCH3 is 1. The number of amides is 4. The van der Waals surface area contributed by atoms with Crippen molar-refractivity contribution in [3.05, 3.63) is 90.0 Å². The van der Waals surface area contributed by atoms with Crippen LogP contribution in [0.4, 0.5) is 11.4 Å². The number of rotatable bonds is 5. The standard InChI is InChI=1S/C34H31BN2O8/c1-34-24(31(40)37(33(34)42)19-9-4-3-5-10-19)17-23-21(29(34)28-25(38)12-7-13-26(28)45-2)14-15-22-27(23)32(41)36(30(22)39)20-11-6-8-18(16-20)35(43)44/h3-14,16,22-24,27,29,38,43-44H,15,17H2,1-2H3. The minimum Gasteiger partial charge on any atom is -0.508 e. The highest BCUT2D eigenvalue weighted by molar-refractivity contribution is 6.58. The van der Waals surface area contributed by atoms with Gasteiger partial charge in [0.15, 0.2) is 0 Å². The Hall–Kier alpha value is -4.74. The predicted molar refractivity (Wildman–Crippen MR) is 164 cm³/mol. The Morgan fingerprint density at radius 1 is 0.844 bits per heavy atom. The van der Waals surface area contributed by atoms with Crippen molar-refractivity contribution < 1.29 is 39.1 Å². The van der Waals surface area contributed by atoms with Gasteiger partial charge in [-0.2, -0.15) is 0 Å². The minimum absolute atomic E-state index is 0.101. The molecule has 2 heterocycles. The van der Waals surface area contributed by atoms with Crippen LogP contribution in [0.1, 0.15) is 31.2 Å². The summed E-state index contributed by atoms with van der Waals surface area (Å²) >= 11 is 0. The first kappa shape index (κ1) is 29.0. The molecular formula is C34H31BN2O8. The third kappa shape index (κ3) is 4.03. The summed E-state index contributed by atoms with van der Waals surface area (Å²) in [7, 11) is -0.312. The molecule has 0 radical (unpaired) electrons. The zero-order valence-corrected chi connectivity index (χ0v) is 24.7. The second-order valence-electron chi connectivity index (χ2n) is 12.4. The number of benzene rings is 3. The van der Waals surface area contributed by atoms with Gasteiger partial charge in [-0.3, -0.25) is 24.1 Å². The lowest BCUT2D eigenvalue weighted by Crippen LogP contribution is -2.49. The molecule has 3 N–H and O–H groups in total. The number of phenols is 1. The molecular weight excluding hydrogens is 575 g/mol. The largest absolute Gasteiger partial charge is 0.508 e. The quantitative estimate of drug-likeness (QED) is 0.228. The van der Waals surface area contributed by atoms with E-state index in [1.165, 1.54) is 30.2 Å². The van der Waals surface area contributed by atoms with Crippen molar-refractivity contribution in [2.75, 3.05) is 16.9 Å². The summed E-state index contributed by atoms with van der Waals surface area (Å²) in [5, 5.41) is 30.7. The fourth-order valence-electron chi connectivity index (χ4n) is 8.23. The summed E-state index contributed by atoms with van der Waals surface area (Å²) in [6.45, 7) is 1.75. The number of imide groups is 2. The first-order valence-corrected chi connectivity index (χ1v) is 14.9. The van der Waals surface area contributed by atoms with Crippen molar-refractivity contribution in [3.8, 4) is 11.5 Å². The molecule has 3 aromatic rings. The third-order valence-electron chi connectivity index (χ3n) is 10.3. The summed E-state index contributed by atoms with van der Waals surface area (Å²) in [6, 6.07) is 19.5. The van der Waals surface area contributed by atoms with E-state index in [2.05, 4.69) is 0 Å². The van der Waals surface area contributed by atoms with Gasteiger partial charge in [-0.25, -0.2) is 4.90 Å². The van der Waals surface area contributed by atoms with Crippen LogP contribution >= 0.6 is 0 Å². The van der Waals surface area contributed by atoms with Crippen molar-refractivity contribution >= 4 is 47.6 Å². The highest BCUT2D eigenvalue weighted by Crippen LogP contribution is 2.65. The lowest BCUT2D eigenvalue weighted by atomic mass is 9.51. The molecule has 2 saturated heterocycles. The molecule has 228 valence electrons. The van der Waals surface area contributed by atoms with Gasteiger partial charge in [-0.05, 0) is 67.5 Å². The average Bonchev–Trinajstić information content (AvgIpc) is 3.41. The van der Waals surface area contributed by atoms with Crippen molar-refractivity contribution in [1.29, 1.82) is 0 Å². The number of ether oxygens (including phenoxy) is 1. The van der Waals surface area contributed by atoms with Gasteiger partial charge in [0.2, 0.25) is 23.6 Å². The molecule has 0 spiro atoms. The van der Waals surface area contributed by atoms with Crippen LogP contribution in [0.3, 0.4) is 0 Å². The summed E-state index contributed by atoms with van der Waals surface area (Å²) in [6.07, 6.45) is 2.28. The molecule has 6 unspecified atom stereocenters. The molecule has 0 aromatic heterocycles. The molecule has 7 rings (SSSR count). The van der Waals surface area contributed by atoms with Crippen molar-refractivity contribution in [2.24, 2.45) is 29.1 Å². The molecule has 0 bridgehead atoms. The Kier molecular flexibility index (Phi) is 6.72. The topological polar surface area (TPSA) is 145 Å². The van der Waals surface area contributed by atoms with Crippen molar-refractivity contribution in [2.45, 2.75) is 25.7 Å². The van der Waals surface area contributed by atoms with Crippen LogP contribution in [0.25, 0.3) is 0 Å². The molecule has 4 aliphatic rings. The van der Waals surface area contributed by atoms with Crippen LogP contribution in [0, 0.1) is 29.1 Å². The van der Waals surface area contributed by atoms with Gasteiger partial charge in [-0.1, -0.05) is 48.0 Å². The highest BCUT2D eigenvalue weighted by atomic mass is 16.5. The van der Waals surface area contributed by atoms with Gasteiger partial charge in [-0.15, -0.1) is 0 Å². The maximum atomic E-state index is 14.5. The van der Waals surface area contributed by atoms with E-state index >= 15 is 0 Å². The fourth-order valence-corrected chi connectivity index (χ4v) is 8.23. The van der Waals surface area contributed by atoms with Gasteiger partial charge in [0.25, 0.3) is 0 Å². The maximum Gasteiger partial charge on any atom is 0.488 e. The van der Waals surface area contributed by atoms with E-state index < -0.39 is 65.8 Å². The van der Waals surface area contributed by atoms with Gasteiger partial charge in [0, 0.05) is 11.5 Å². The molecule has 6 atom stereocenters. The molecule has 45 heavy (non-hydrogen) atoms. The normalized spacial score (nSPS) is 28.9. The number of fused-ring (bicyclic) bond motifs is 4. The first-order valence-electron chi connectivity index (χ1n) is 14.9. The lowest BCUT2D eigenvalue weighted by molar-refractivity contribution is -0.131. The van der Waals surface area contributed by atoms with Crippen LogP contribution in [-0.2, 0) is 19.2 Å². The number of carbonyl (C=O) groups is 4. The van der Waals surface area contributed by atoms with Crippen LogP contribution in [0.2, 0.25) is 0 Å². The van der Waals surface area contributed by atoms with Gasteiger partial charge in [0.05, 0.1) is 41.7 Å². The number of carbonyl (C=O) groups excluding carboxylic acids is 4. The molecule has 1 saturated carbocycles. The van der Waals surface area contributed by atoms with Gasteiger partial charge < -0.3 is 19.9 Å². The van der Waals surface area contributed by atoms with Crippen LogP contribution in [-0.4, -0.2) is 53.0 Å². The second-order valence-corrected chi connectivity index (χ2v) is 12.4. The third-order valence-corrected chi connectivity index (χ3v) is 10.3. The summed E-state index contributed by atoms with van der Waals surface area (Å²) < 4.78 is 5.69. The van der Waals surface area contributed by atoms with Crippen LogP contribution in [0.5, 0.6) is 11.5 Å². The molecule has 11 heteroatoms. The zero-order chi connectivity index (χ0) is 31.8. The van der Waals surface area contributed by atoms with E-state index in [9.17, 15) is 34.3 Å². The Balaban J connectivity index is 1.38. The summed E-state index contributed by atoms with van der Waals surface area (Å²) in [4.78, 5) is 59.1. The molecule has 2 aliphatic carbocycles. The van der Waals surface area contributed by atoms with Crippen LogP contribution in [0.15, 0.2) is 84.4 Å². The average molecular weight is 606 g/mol. The van der Waals surface area contributed by atoms with Crippen LogP contribution < -0.4 is 20.0 Å². The molecule has 4 amide bonds. The van der Waals surface area contributed by atoms with E-state index in [-0.39, 0.29) is 29.7 Å². The SMILES string of the molecule is COc1cccc(O)c1C1C2=CCC3C(=O)N(c4cccc(B(O)O)c4)C(=O)C3C2CC2C(=O)N(c3ccccc3)C(=O)C21C. The Bertz CT molecular complexity index is 1790. The lowest BCUT2D eigenvalue weighted by Gasteiger charge is -2.49. The monoisotopic (exact) mass is 606 g/mol. The Morgan fingerprint density at radius 3 is 2.27 bits per heavy atom. The number of anilines is 2. The number of allylic oxidation sites excluding steroid dienone is 2. The predicted octanol–water partition coefficient (Wildman–Crippen LogP) is 2.52. The molecule has 3 fully saturated rings. The highest BCUT2D eigenvalue weighted by Gasteiger charge is 2.68. The number of para-hydroxylation sites is 1. The van der Waals surface area contributed by atoms with E-state index in [0.29, 0.717) is 22.6 Å². The Labute approximate surface area is 259 Å². The van der Waals surface area contributed by atoms with E-state index in [1.54, 1.807) is 61.5 Å². The van der Waals surface area contributed by atoms with E-state index in [4.69, 9.17) is 4.74 Å². The number of hydrogen-bond acceptors (Lipinski definition) is 8. The number of phenolic OH excluding ortho intramolecular Hbond substituents is 1. The minimum atomic E-state index is -1.78. The number of hydrogen-bond donors (Lipinski definition) is 3. The fraction of sp³-hybridized carbons (Fsp3) is 0.294. The van der Waals surface area contributed by atoms with E-state index in [0.717, 1.165) is 4.90 Å². The summed E-state index contributed by atoms with van der Waals surface area (Å²) in [5.74, 6) is -5.21. The summed E-state index contributed by atoms with van der Waals surface area (Å²) in [5.41, 5.74) is 0.548. The smallest absolute Gasteiger partial charge is 0.488 e. The molecule has 3 aromatic carbocycles. The number of nitrogens with zero attached hydrogens (tertiary/aromatic N) is 2. The van der Waals surface area contributed by atoms with E-state index in [1.807, 2.05) is 6.08 Å². The van der Waals surface area contributed by atoms with Gasteiger partial charge in [0.1, 0.15) is 11.5 Å². The maximum absolute atomic E-state index is 14.5. The van der Waals surface area contributed by atoms with Crippen molar-refractivity contribution in [3.63, 3.8) is 0 Å². The molecule has 10 nitrogen and oxygen atoms in total. The Morgan fingerprint density at radius 2 is 1.56 bits per heavy atom. The van der Waals surface area contributed by atoms with Gasteiger partial charge >= 0.3 is 7.12 Å². The van der Waals surface area contributed by atoms with Crippen molar-refractivity contribution in [1.82, 2.24) is 0 Å². The zero-order valence-electron chi connectivity index (χ0n) is 24.7.